The molecule has 0 aliphatic heterocycles. The van der Waals surface area contributed by atoms with E-state index in [1.165, 1.54) is 16.8 Å². The van der Waals surface area contributed by atoms with Crippen LogP contribution in [0.2, 0.25) is 0 Å². The molecule has 2 rings (SSSR count). The molecule has 2 N–H and O–H groups in total. The van der Waals surface area contributed by atoms with Crippen molar-refractivity contribution in [1.29, 1.82) is 0 Å². The summed E-state index contributed by atoms with van der Waals surface area (Å²) in [6, 6.07) is 12.9. The van der Waals surface area contributed by atoms with Gasteiger partial charge in [-0.3, -0.25) is 0 Å². The van der Waals surface area contributed by atoms with Crippen molar-refractivity contribution in [2.24, 2.45) is 5.73 Å². The highest BCUT2D eigenvalue weighted by molar-refractivity contribution is 5.70. The van der Waals surface area contributed by atoms with Crippen molar-refractivity contribution in [2.75, 3.05) is 24.5 Å². The summed E-state index contributed by atoms with van der Waals surface area (Å²) in [5, 5.41) is 0. The molecule has 0 amide bonds. The van der Waals surface area contributed by atoms with Crippen LogP contribution in [-0.2, 0) is 6.54 Å². The van der Waals surface area contributed by atoms with Gasteiger partial charge >= 0.3 is 0 Å². The monoisotopic (exact) mass is 296 g/mol. The van der Waals surface area contributed by atoms with E-state index < -0.39 is 0 Å². The molecule has 0 unspecified atom stereocenters. The van der Waals surface area contributed by atoms with Gasteiger partial charge in [0.25, 0.3) is 0 Å². The van der Waals surface area contributed by atoms with E-state index in [2.05, 4.69) is 84.3 Å². The van der Waals surface area contributed by atoms with Gasteiger partial charge in [-0.15, -0.1) is 0 Å². The van der Waals surface area contributed by atoms with Crippen LogP contribution in [0.15, 0.2) is 48.8 Å². The maximum atomic E-state index is 5.55. The van der Waals surface area contributed by atoms with Crippen LogP contribution in [0.4, 0.5) is 5.69 Å². The molecule has 0 aliphatic rings. The summed E-state index contributed by atoms with van der Waals surface area (Å²) < 4.78 is 2.09. The third-order valence-corrected chi connectivity index (χ3v) is 3.79. The van der Waals surface area contributed by atoms with E-state index in [4.69, 9.17) is 5.73 Å². The van der Waals surface area contributed by atoms with Gasteiger partial charge in [0.1, 0.15) is 0 Å². The van der Waals surface area contributed by atoms with Gasteiger partial charge in [0.15, 0.2) is 18.9 Å². The van der Waals surface area contributed by atoms with E-state index in [-0.39, 0.29) is 0 Å². The predicted molar refractivity (Wildman–Crippen MR) is 94.6 cm³/mol. The third kappa shape index (κ3) is 4.43. The summed E-state index contributed by atoms with van der Waals surface area (Å²) in [4.78, 5) is 2.35. The number of nitrogens with zero attached hydrogens (tertiary/aromatic N) is 2. The van der Waals surface area contributed by atoms with Crippen LogP contribution >= 0.6 is 0 Å². The first-order chi connectivity index (χ1) is 10.8. The quantitative estimate of drug-likeness (QED) is 0.797. The van der Waals surface area contributed by atoms with Crippen LogP contribution in [0.25, 0.3) is 12.2 Å². The summed E-state index contributed by atoms with van der Waals surface area (Å²) >= 11 is 0. The topological polar surface area (TPSA) is 33.1 Å². The van der Waals surface area contributed by atoms with Crippen LogP contribution in [0.5, 0.6) is 0 Å². The van der Waals surface area contributed by atoms with Crippen molar-refractivity contribution in [3.8, 4) is 0 Å². The maximum absolute atomic E-state index is 5.55. The fourth-order valence-electron chi connectivity index (χ4n) is 2.46. The Balaban J connectivity index is 2.03. The molecule has 0 radical (unpaired) electrons. The maximum Gasteiger partial charge on any atom is 0.169 e. The third-order valence-electron chi connectivity index (χ3n) is 3.79. The highest BCUT2D eigenvalue weighted by Gasteiger charge is 2.00. The molecule has 3 heteroatoms. The smallest absolute Gasteiger partial charge is 0.169 e. The first-order valence-electron chi connectivity index (χ1n) is 7.99. The molecule has 1 aromatic carbocycles. The highest BCUT2D eigenvalue weighted by Crippen LogP contribution is 2.16. The minimum Gasteiger partial charge on any atom is -0.372 e. The number of aromatic nitrogens is 1. The predicted octanol–water partition coefficient (Wildman–Crippen LogP) is 2.95. The molecule has 0 fully saturated rings. The molecule has 3 nitrogen and oxygen atoms in total. The number of pyridine rings is 1. The van der Waals surface area contributed by atoms with Gasteiger partial charge in [-0.25, -0.2) is 4.57 Å². The second-order valence-electron chi connectivity index (χ2n) is 5.26. The molecule has 1 heterocycles. The molecule has 0 saturated carbocycles. The van der Waals surface area contributed by atoms with Crippen molar-refractivity contribution in [1.82, 2.24) is 0 Å². The van der Waals surface area contributed by atoms with Crippen LogP contribution < -0.4 is 15.2 Å². The van der Waals surface area contributed by atoms with Gasteiger partial charge in [-0.1, -0.05) is 24.3 Å². The van der Waals surface area contributed by atoms with Gasteiger partial charge in [0, 0.05) is 30.9 Å². The number of rotatable bonds is 7. The minimum absolute atomic E-state index is 0.665. The summed E-state index contributed by atoms with van der Waals surface area (Å²) in [5.74, 6) is 0. The second kappa shape index (κ2) is 8.35. The molecule has 0 bridgehead atoms. The van der Waals surface area contributed by atoms with E-state index in [1.807, 2.05) is 0 Å². The number of hydrogen-bond donors (Lipinski definition) is 1. The highest BCUT2D eigenvalue weighted by atomic mass is 15.1. The fourth-order valence-corrected chi connectivity index (χ4v) is 2.46. The largest absolute Gasteiger partial charge is 0.372 e. The van der Waals surface area contributed by atoms with E-state index in [9.17, 15) is 0 Å². The summed E-state index contributed by atoms with van der Waals surface area (Å²) in [6.07, 6.45) is 8.42. The zero-order valence-electron chi connectivity index (χ0n) is 13.6. The summed E-state index contributed by atoms with van der Waals surface area (Å²) in [6.45, 7) is 7.97. The molecule has 116 valence electrons. The zero-order valence-corrected chi connectivity index (χ0v) is 13.6. The number of benzene rings is 1. The Morgan fingerprint density at radius 3 is 1.95 bits per heavy atom. The van der Waals surface area contributed by atoms with Crippen molar-refractivity contribution in [3.63, 3.8) is 0 Å². The van der Waals surface area contributed by atoms with Gasteiger partial charge < -0.3 is 10.6 Å². The molecular weight excluding hydrogens is 270 g/mol. The van der Waals surface area contributed by atoms with E-state index in [0.717, 1.165) is 19.6 Å². The number of nitrogens with two attached hydrogens (primary N) is 1. The van der Waals surface area contributed by atoms with Crippen LogP contribution in [0.3, 0.4) is 0 Å². The lowest BCUT2D eigenvalue weighted by Crippen LogP contribution is -2.36. The molecule has 0 spiro atoms. The number of anilines is 1. The van der Waals surface area contributed by atoms with Crippen LogP contribution in [0, 0.1) is 0 Å². The molecular formula is C19H26N3+. The van der Waals surface area contributed by atoms with E-state index >= 15 is 0 Å². The van der Waals surface area contributed by atoms with Crippen molar-refractivity contribution < 1.29 is 4.57 Å². The lowest BCUT2D eigenvalue weighted by Gasteiger charge is -2.20. The minimum atomic E-state index is 0.665. The van der Waals surface area contributed by atoms with Crippen molar-refractivity contribution in [2.45, 2.75) is 20.4 Å². The standard InChI is InChI=1S/C19H26N3/c1-3-22(4-2)19-9-7-17(8-10-19)5-6-18-11-14-21(15-12-18)16-13-20/h5-12,14-15H,3-4,13,16,20H2,1-2H3/q+1. The fraction of sp³-hybridized carbons (Fsp3) is 0.316. The average Bonchev–Trinajstić information content (AvgIpc) is 2.57. The Morgan fingerprint density at radius 1 is 0.909 bits per heavy atom. The van der Waals surface area contributed by atoms with E-state index in [1.54, 1.807) is 0 Å². The first kappa shape index (κ1) is 16.2. The molecule has 0 saturated heterocycles. The van der Waals surface area contributed by atoms with E-state index in [0.29, 0.717) is 6.54 Å². The Morgan fingerprint density at radius 2 is 1.45 bits per heavy atom. The Kier molecular flexibility index (Phi) is 6.16. The first-order valence-corrected chi connectivity index (χ1v) is 7.99. The molecule has 0 aliphatic carbocycles. The molecule has 22 heavy (non-hydrogen) atoms. The number of hydrogen-bond acceptors (Lipinski definition) is 2. The van der Waals surface area contributed by atoms with Crippen LogP contribution in [0.1, 0.15) is 25.0 Å². The zero-order chi connectivity index (χ0) is 15.8. The lowest BCUT2D eigenvalue weighted by molar-refractivity contribution is -0.694. The van der Waals surface area contributed by atoms with Gasteiger partial charge in [0.2, 0.25) is 0 Å². The Bertz CT molecular complexity index is 581. The average molecular weight is 296 g/mol. The summed E-state index contributed by atoms with van der Waals surface area (Å²) in [7, 11) is 0. The van der Waals surface area contributed by atoms with Crippen LogP contribution in [-0.4, -0.2) is 19.6 Å². The van der Waals surface area contributed by atoms with Gasteiger partial charge in [-0.2, -0.15) is 0 Å². The second-order valence-corrected chi connectivity index (χ2v) is 5.26. The Labute approximate surface area is 133 Å². The molecule has 0 atom stereocenters. The SMILES string of the molecule is CCN(CC)c1ccc(/C=C/c2cc[n+](CCN)cc2)cc1. The Hall–Kier alpha value is -2.13. The molecule has 1 aromatic heterocycles. The van der Waals surface area contributed by atoms with Gasteiger partial charge in [0.05, 0.1) is 6.54 Å². The van der Waals surface area contributed by atoms with Gasteiger partial charge in [-0.05, 0) is 37.1 Å². The molecule has 2 aromatic rings. The van der Waals surface area contributed by atoms with Crippen molar-refractivity contribution in [3.05, 3.63) is 59.9 Å². The van der Waals surface area contributed by atoms with Crippen molar-refractivity contribution >= 4 is 17.8 Å². The lowest BCUT2D eigenvalue weighted by atomic mass is 10.1. The summed E-state index contributed by atoms with van der Waals surface area (Å²) in [5.41, 5.74) is 9.24. The normalized spacial score (nSPS) is 11.0.